The fourth-order valence-corrected chi connectivity index (χ4v) is 12.7. The molecule has 7 aromatic rings. The van der Waals surface area contributed by atoms with Gasteiger partial charge in [0.25, 0.3) is 0 Å². The third-order valence-corrected chi connectivity index (χ3v) is 15.3. The zero-order valence-corrected chi connectivity index (χ0v) is 40.0. The van der Waals surface area contributed by atoms with E-state index in [-0.39, 0.29) is 49.6 Å². The molecule has 0 atom stereocenters. The van der Waals surface area contributed by atoms with Gasteiger partial charge < -0.3 is 9.47 Å². The number of nitrogens with zero attached hydrogens (tertiary/aromatic N) is 2. The molecule has 0 aliphatic rings. The van der Waals surface area contributed by atoms with E-state index in [0.717, 1.165) is 53.2 Å². The minimum atomic E-state index is -0.384. The van der Waals surface area contributed by atoms with Crippen LogP contribution in [-0.4, -0.2) is 36.7 Å². The first-order valence-corrected chi connectivity index (χ1v) is 24.7. The van der Waals surface area contributed by atoms with Gasteiger partial charge in [-0.25, -0.2) is 0 Å². The SMILES string of the molecule is CCOC(=O)Cc1c(C(=O)c2ccccc2)sc(SCc2cccc(CSc3sc(C(=O)c4ccccc4)c(CC(=O)OCC)c3-[n+]3cc(C)cc(C)c3)c2)c1-[n+]1cc(C)cc(C)c1. The molecule has 4 aromatic heterocycles. The van der Waals surface area contributed by atoms with Crippen molar-refractivity contribution in [2.24, 2.45) is 0 Å². The number of thioether (sulfide) groups is 2. The lowest BCUT2D eigenvalue weighted by molar-refractivity contribution is -0.599. The number of esters is 2. The van der Waals surface area contributed by atoms with E-state index >= 15 is 0 Å². The molecule has 0 amide bonds. The Morgan fingerprint density at radius 2 is 0.891 bits per heavy atom. The highest BCUT2D eigenvalue weighted by molar-refractivity contribution is 8.00. The number of aromatic nitrogens is 2. The van der Waals surface area contributed by atoms with E-state index in [2.05, 4.69) is 36.4 Å². The predicted octanol–water partition coefficient (Wildman–Crippen LogP) is 10.9. The highest BCUT2D eigenvalue weighted by Crippen LogP contribution is 2.42. The van der Waals surface area contributed by atoms with Crippen LogP contribution in [0, 0.1) is 27.7 Å². The Morgan fingerprint density at radius 3 is 1.25 bits per heavy atom. The second kappa shape index (κ2) is 21.3. The summed E-state index contributed by atoms with van der Waals surface area (Å²) in [5.74, 6) is 0.185. The predicted molar refractivity (Wildman–Crippen MR) is 257 cm³/mol. The number of rotatable bonds is 18. The van der Waals surface area contributed by atoms with E-state index in [1.54, 1.807) is 61.6 Å². The fraction of sp³-hybridized carbons (Fsp3) is 0.231. The first kappa shape index (κ1) is 46.3. The number of carbonyl (C=O) groups is 4. The Hall–Kier alpha value is -5.66. The summed E-state index contributed by atoms with van der Waals surface area (Å²) >= 11 is 6.12. The van der Waals surface area contributed by atoms with Gasteiger partial charge in [-0.2, -0.15) is 9.13 Å². The van der Waals surface area contributed by atoms with Crippen LogP contribution in [0.4, 0.5) is 0 Å². The van der Waals surface area contributed by atoms with E-state index in [4.69, 9.17) is 9.47 Å². The maximum absolute atomic E-state index is 14.2. The van der Waals surface area contributed by atoms with Crippen LogP contribution in [0.3, 0.4) is 0 Å². The molecular weight excluding hydrogens is 877 g/mol. The monoisotopic (exact) mass is 926 g/mol. The Balaban J connectivity index is 1.24. The van der Waals surface area contributed by atoms with Crippen molar-refractivity contribution in [2.75, 3.05) is 13.2 Å². The number of thiophene rings is 2. The lowest BCUT2D eigenvalue weighted by Gasteiger charge is -2.08. The van der Waals surface area contributed by atoms with Crippen molar-refractivity contribution in [3.8, 4) is 11.4 Å². The quantitative estimate of drug-likeness (QED) is 0.0364. The lowest BCUT2D eigenvalue weighted by Crippen LogP contribution is -2.33. The molecule has 0 radical (unpaired) electrons. The molecule has 0 saturated heterocycles. The first-order valence-electron chi connectivity index (χ1n) is 21.1. The highest BCUT2D eigenvalue weighted by Gasteiger charge is 2.34. The van der Waals surface area contributed by atoms with Crippen LogP contribution in [0.2, 0.25) is 0 Å². The molecule has 326 valence electrons. The zero-order valence-electron chi connectivity index (χ0n) is 36.8. The molecule has 0 N–H and O–H groups in total. The van der Waals surface area contributed by atoms with Gasteiger partial charge in [-0.15, -0.1) is 46.2 Å². The van der Waals surface area contributed by atoms with E-state index in [0.29, 0.717) is 43.5 Å². The standard InChI is InChI=1S/C52H50N2O6S4/c1-7-59-43(55)25-41-45(53-27-33(3)22-34(4)28-53)51(63-49(41)47(57)39-18-11-9-12-19-39)61-31-37-16-15-17-38(24-37)32-62-52-46(54-29-35(5)23-36(6)30-54)42(26-44(56)60-8-2)50(64-52)48(58)40-20-13-10-14-21-40/h9-24,27-30H,7-8,25-26,31-32H2,1-6H3/q+2. The topological polar surface area (TPSA) is 94.5 Å². The van der Waals surface area contributed by atoms with Gasteiger partial charge >= 0.3 is 11.9 Å². The summed E-state index contributed by atoms with van der Waals surface area (Å²) in [7, 11) is 0. The summed E-state index contributed by atoms with van der Waals surface area (Å²) in [6, 6.07) is 31.0. The largest absolute Gasteiger partial charge is 0.466 e. The maximum Gasteiger partial charge on any atom is 0.310 e. The van der Waals surface area contributed by atoms with Crippen LogP contribution in [0.5, 0.6) is 0 Å². The van der Waals surface area contributed by atoms with Crippen LogP contribution in [0.25, 0.3) is 11.4 Å². The van der Waals surface area contributed by atoms with Gasteiger partial charge in [0, 0.05) is 44.9 Å². The maximum atomic E-state index is 14.2. The Kier molecular flexibility index (Phi) is 15.5. The second-order valence-electron chi connectivity index (χ2n) is 15.4. The van der Waals surface area contributed by atoms with Crippen LogP contribution in [0.15, 0.2) is 130 Å². The molecule has 0 aliphatic heterocycles. The van der Waals surface area contributed by atoms with Crippen LogP contribution in [0.1, 0.15) is 88.8 Å². The van der Waals surface area contributed by atoms with E-state index in [1.807, 2.05) is 98.0 Å². The number of ether oxygens (including phenoxy) is 2. The van der Waals surface area contributed by atoms with Crippen LogP contribution in [-0.2, 0) is 43.4 Å². The van der Waals surface area contributed by atoms with Gasteiger partial charge in [-0.1, -0.05) is 84.9 Å². The average Bonchev–Trinajstić information content (AvgIpc) is 3.82. The van der Waals surface area contributed by atoms with Crippen LogP contribution < -0.4 is 9.13 Å². The van der Waals surface area contributed by atoms with Crippen molar-refractivity contribution in [3.05, 3.63) is 187 Å². The molecule has 12 heteroatoms. The molecule has 0 unspecified atom stereocenters. The lowest BCUT2D eigenvalue weighted by atomic mass is 10.0. The molecule has 0 saturated carbocycles. The highest BCUT2D eigenvalue weighted by atomic mass is 32.2. The fourth-order valence-electron chi connectivity index (χ4n) is 7.62. The minimum Gasteiger partial charge on any atom is -0.466 e. The van der Waals surface area contributed by atoms with Crippen LogP contribution >= 0.6 is 46.2 Å². The number of hydrogen-bond donors (Lipinski definition) is 0. The molecule has 7 rings (SSSR count). The van der Waals surface area contributed by atoms with E-state index in [9.17, 15) is 19.2 Å². The molecule has 0 bridgehead atoms. The number of ketones is 2. The third kappa shape index (κ3) is 11.2. The summed E-state index contributed by atoms with van der Waals surface area (Å²) in [4.78, 5) is 55.8. The van der Waals surface area contributed by atoms with Gasteiger partial charge in [0.2, 0.25) is 22.9 Å². The molecular formula is C52H50N2O6S4+2. The smallest absolute Gasteiger partial charge is 0.310 e. The summed E-state index contributed by atoms with van der Waals surface area (Å²) in [5.41, 5.74) is 10.5. The number of hydrogen-bond acceptors (Lipinski definition) is 10. The van der Waals surface area contributed by atoms with Crippen molar-refractivity contribution in [1.82, 2.24) is 0 Å². The Bertz CT molecular complexity index is 2600. The summed E-state index contributed by atoms with van der Waals surface area (Å²) in [6.07, 6.45) is 8.07. The average molecular weight is 927 g/mol. The Morgan fingerprint density at radius 1 is 0.516 bits per heavy atom. The van der Waals surface area contributed by atoms with Crippen molar-refractivity contribution in [3.63, 3.8) is 0 Å². The first-order chi connectivity index (χ1) is 30.9. The van der Waals surface area contributed by atoms with Gasteiger partial charge in [0.1, 0.15) is 8.42 Å². The molecule has 64 heavy (non-hydrogen) atoms. The molecule has 4 heterocycles. The van der Waals surface area contributed by atoms with E-state index in [1.165, 1.54) is 22.7 Å². The summed E-state index contributed by atoms with van der Waals surface area (Å²) < 4.78 is 16.8. The molecule has 3 aromatic carbocycles. The minimum absolute atomic E-state index is 0.0356. The molecule has 8 nitrogen and oxygen atoms in total. The van der Waals surface area contributed by atoms with Gasteiger partial charge in [-0.05, 0) is 64.8 Å². The van der Waals surface area contributed by atoms with Crippen molar-refractivity contribution >= 4 is 69.7 Å². The van der Waals surface area contributed by atoms with Gasteiger partial charge in [-0.3, -0.25) is 19.2 Å². The number of aryl methyl sites for hydroxylation is 4. The second-order valence-corrected chi connectivity index (χ2v) is 20.0. The zero-order chi connectivity index (χ0) is 45.3. The summed E-state index contributed by atoms with van der Waals surface area (Å²) in [5, 5.41) is 0. The van der Waals surface area contributed by atoms with Crippen molar-refractivity contribution < 1.29 is 37.8 Å². The number of carbonyl (C=O) groups excluding carboxylic acids is 4. The van der Waals surface area contributed by atoms with Crippen molar-refractivity contribution in [1.29, 1.82) is 0 Å². The molecule has 0 spiro atoms. The molecule has 0 fully saturated rings. The van der Waals surface area contributed by atoms with E-state index < -0.39 is 0 Å². The van der Waals surface area contributed by atoms with Gasteiger partial charge in [0.05, 0.1) is 46.9 Å². The summed E-state index contributed by atoms with van der Waals surface area (Å²) in [6.45, 7) is 12.2. The number of benzene rings is 3. The Labute approximate surface area is 391 Å². The van der Waals surface area contributed by atoms with Crippen molar-refractivity contribution in [2.45, 2.75) is 74.3 Å². The van der Waals surface area contributed by atoms with Gasteiger partial charge in [0.15, 0.2) is 24.8 Å². The molecule has 0 aliphatic carbocycles. The normalized spacial score (nSPS) is 11.1. The third-order valence-electron chi connectivity index (χ3n) is 10.2. The number of pyridine rings is 2.